The Balaban J connectivity index is 1.74. The van der Waals surface area contributed by atoms with Crippen LogP contribution < -0.4 is 4.90 Å². The van der Waals surface area contributed by atoms with Crippen molar-refractivity contribution in [2.45, 2.75) is 19.3 Å². The zero-order valence-corrected chi connectivity index (χ0v) is 12.2. The molecule has 0 spiro atoms. The third-order valence-corrected chi connectivity index (χ3v) is 5.83. The smallest absolute Gasteiger partial charge is 0.237 e. The number of anilines is 1. The van der Waals surface area contributed by atoms with Gasteiger partial charge in [-0.1, -0.05) is 23.2 Å². The Morgan fingerprint density at radius 2 is 1.55 bits per heavy atom. The van der Waals surface area contributed by atoms with Crippen LogP contribution in [0.1, 0.15) is 19.3 Å². The van der Waals surface area contributed by atoms with Gasteiger partial charge in [-0.15, -0.1) is 0 Å². The van der Waals surface area contributed by atoms with Crippen molar-refractivity contribution in [3.05, 3.63) is 28.2 Å². The normalized spacial score (nSPS) is 35.0. The summed E-state index contributed by atoms with van der Waals surface area (Å²) in [6.45, 7) is 0. The molecule has 2 bridgehead atoms. The molecule has 0 N–H and O–H groups in total. The largest absolute Gasteiger partial charge is 0.274 e. The summed E-state index contributed by atoms with van der Waals surface area (Å²) < 4.78 is 0. The molecule has 1 aromatic carbocycles. The Labute approximate surface area is 126 Å². The number of amides is 2. The zero-order chi connectivity index (χ0) is 14.0. The van der Waals surface area contributed by atoms with Crippen LogP contribution in [0.4, 0.5) is 5.69 Å². The molecule has 4 atom stereocenters. The first kappa shape index (κ1) is 12.7. The van der Waals surface area contributed by atoms with Gasteiger partial charge in [0.15, 0.2) is 0 Å². The number of hydrogen-bond acceptors (Lipinski definition) is 2. The Hall–Kier alpha value is -1.06. The molecule has 2 aliphatic carbocycles. The van der Waals surface area contributed by atoms with E-state index in [1.54, 1.807) is 18.2 Å². The first-order valence-corrected chi connectivity index (χ1v) is 7.66. The van der Waals surface area contributed by atoms with Crippen LogP contribution in [-0.2, 0) is 9.59 Å². The highest BCUT2D eigenvalue weighted by Gasteiger charge is 2.61. The van der Waals surface area contributed by atoms with Crippen LogP contribution in [0.15, 0.2) is 18.2 Å². The maximum absolute atomic E-state index is 12.6. The molecule has 1 saturated heterocycles. The summed E-state index contributed by atoms with van der Waals surface area (Å²) in [4.78, 5) is 26.5. The lowest BCUT2D eigenvalue weighted by Crippen LogP contribution is -2.32. The number of benzene rings is 1. The summed E-state index contributed by atoms with van der Waals surface area (Å²) in [6.07, 6.45) is 3.21. The van der Waals surface area contributed by atoms with Crippen LogP contribution >= 0.6 is 23.2 Å². The van der Waals surface area contributed by atoms with E-state index in [1.807, 2.05) is 0 Å². The Morgan fingerprint density at radius 1 is 0.950 bits per heavy atom. The number of halogens is 2. The maximum atomic E-state index is 12.6. The molecule has 104 valence electrons. The van der Waals surface area contributed by atoms with Crippen molar-refractivity contribution in [1.82, 2.24) is 0 Å². The zero-order valence-electron chi connectivity index (χ0n) is 10.7. The molecule has 5 heteroatoms. The highest BCUT2D eigenvalue weighted by Crippen LogP contribution is 2.56. The van der Waals surface area contributed by atoms with Crippen molar-refractivity contribution in [1.29, 1.82) is 0 Å². The molecule has 3 fully saturated rings. The molecule has 0 aromatic heterocycles. The van der Waals surface area contributed by atoms with Crippen molar-refractivity contribution >= 4 is 40.7 Å². The molecule has 3 aliphatic rings. The van der Waals surface area contributed by atoms with E-state index in [0.29, 0.717) is 27.6 Å². The monoisotopic (exact) mass is 309 g/mol. The van der Waals surface area contributed by atoms with Gasteiger partial charge >= 0.3 is 0 Å². The first-order chi connectivity index (χ1) is 9.58. The second-order valence-corrected chi connectivity index (χ2v) is 6.81. The number of carbonyl (C=O) groups is 2. The number of fused-ring (bicyclic) bond motifs is 5. The number of hydrogen-bond donors (Lipinski definition) is 0. The highest BCUT2D eigenvalue weighted by molar-refractivity contribution is 6.42. The van der Waals surface area contributed by atoms with Crippen molar-refractivity contribution in [2.75, 3.05) is 4.90 Å². The first-order valence-electron chi connectivity index (χ1n) is 6.91. The molecule has 3 nitrogen and oxygen atoms in total. The van der Waals surface area contributed by atoms with Gasteiger partial charge in [0, 0.05) is 0 Å². The van der Waals surface area contributed by atoms with Crippen LogP contribution in [0.25, 0.3) is 0 Å². The molecule has 2 amide bonds. The van der Waals surface area contributed by atoms with E-state index in [1.165, 1.54) is 4.90 Å². The van der Waals surface area contributed by atoms with E-state index < -0.39 is 0 Å². The standard InChI is InChI=1S/C15H13Cl2NO2/c16-10-4-3-9(6-11(10)17)18-14(19)12-7-1-2-8(5-7)13(12)15(18)20/h3-4,6-8,12-13H,1-2,5H2/t7-,8-,12-,13-/m0/s1. The van der Waals surface area contributed by atoms with E-state index >= 15 is 0 Å². The minimum atomic E-state index is -0.101. The van der Waals surface area contributed by atoms with E-state index in [9.17, 15) is 9.59 Å². The molecule has 1 aromatic rings. The number of carbonyl (C=O) groups excluding carboxylic acids is 2. The predicted molar refractivity (Wildman–Crippen MR) is 76.8 cm³/mol. The number of rotatable bonds is 1. The van der Waals surface area contributed by atoms with Gasteiger partial charge in [-0.25, -0.2) is 4.90 Å². The van der Waals surface area contributed by atoms with Gasteiger partial charge in [0.1, 0.15) is 0 Å². The van der Waals surface area contributed by atoms with Crippen molar-refractivity contribution in [3.8, 4) is 0 Å². The van der Waals surface area contributed by atoms with Crippen LogP contribution in [0.5, 0.6) is 0 Å². The molecule has 1 heterocycles. The lowest BCUT2D eigenvalue weighted by molar-refractivity contribution is -0.123. The molecular formula is C15H13Cl2NO2. The molecule has 2 saturated carbocycles. The Morgan fingerprint density at radius 3 is 2.10 bits per heavy atom. The molecule has 0 unspecified atom stereocenters. The summed E-state index contributed by atoms with van der Waals surface area (Å²) in [5.41, 5.74) is 0.545. The van der Waals surface area contributed by atoms with Gasteiger partial charge < -0.3 is 0 Å². The summed E-state index contributed by atoms with van der Waals surface area (Å²) in [5, 5.41) is 0.791. The summed E-state index contributed by atoms with van der Waals surface area (Å²) in [7, 11) is 0. The fourth-order valence-corrected chi connectivity index (χ4v) is 4.58. The average Bonchev–Trinajstić information content (AvgIpc) is 3.08. The maximum Gasteiger partial charge on any atom is 0.237 e. The summed E-state index contributed by atoms with van der Waals surface area (Å²) in [5.74, 6) is 0.492. The van der Waals surface area contributed by atoms with E-state index in [2.05, 4.69) is 0 Å². The SMILES string of the molecule is O=C1[C@H]2[C@H]3CC[C@@H](C3)[C@@H]2C(=O)N1c1ccc(Cl)c(Cl)c1. The highest BCUT2D eigenvalue weighted by atomic mass is 35.5. The molecule has 4 rings (SSSR count). The van der Waals surface area contributed by atoms with Gasteiger partial charge in [0.2, 0.25) is 11.8 Å². The van der Waals surface area contributed by atoms with Gasteiger partial charge in [-0.3, -0.25) is 9.59 Å². The second-order valence-electron chi connectivity index (χ2n) is 6.00. The fraction of sp³-hybridized carbons (Fsp3) is 0.467. The molecule has 20 heavy (non-hydrogen) atoms. The lowest BCUT2D eigenvalue weighted by Gasteiger charge is -2.19. The topological polar surface area (TPSA) is 37.4 Å². The average molecular weight is 310 g/mol. The van der Waals surface area contributed by atoms with Crippen molar-refractivity contribution < 1.29 is 9.59 Å². The molecule has 1 aliphatic heterocycles. The van der Waals surface area contributed by atoms with Gasteiger partial charge in [-0.05, 0) is 49.3 Å². The van der Waals surface area contributed by atoms with Crippen LogP contribution in [0.2, 0.25) is 10.0 Å². The third-order valence-electron chi connectivity index (χ3n) is 5.09. The van der Waals surface area contributed by atoms with E-state index in [0.717, 1.165) is 19.3 Å². The quantitative estimate of drug-likeness (QED) is 0.744. The predicted octanol–water partition coefficient (Wildman–Crippen LogP) is 3.53. The van der Waals surface area contributed by atoms with Gasteiger partial charge in [-0.2, -0.15) is 0 Å². The van der Waals surface area contributed by atoms with Gasteiger partial charge in [0.05, 0.1) is 27.6 Å². The number of nitrogens with zero attached hydrogens (tertiary/aromatic N) is 1. The minimum Gasteiger partial charge on any atom is -0.274 e. The van der Waals surface area contributed by atoms with Crippen LogP contribution in [0.3, 0.4) is 0 Å². The molecular weight excluding hydrogens is 297 g/mol. The summed E-state index contributed by atoms with van der Waals surface area (Å²) in [6, 6.07) is 4.91. The van der Waals surface area contributed by atoms with Gasteiger partial charge in [0.25, 0.3) is 0 Å². The second kappa shape index (κ2) is 4.22. The Kier molecular flexibility index (Phi) is 2.67. The lowest BCUT2D eigenvalue weighted by atomic mass is 9.81. The van der Waals surface area contributed by atoms with Crippen molar-refractivity contribution in [2.24, 2.45) is 23.7 Å². The van der Waals surface area contributed by atoms with E-state index in [-0.39, 0.29) is 23.7 Å². The number of imide groups is 1. The van der Waals surface area contributed by atoms with Crippen LogP contribution in [-0.4, -0.2) is 11.8 Å². The van der Waals surface area contributed by atoms with Crippen LogP contribution in [0, 0.1) is 23.7 Å². The Bertz CT molecular complexity index is 602. The third kappa shape index (κ3) is 1.54. The minimum absolute atomic E-state index is 0.0504. The summed E-state index contributed by atoms with van der Waals surface area (Å²) >= 11 is 11.9. The molecule has 0 radical (unpaired) electrons. The van der Waals surface area contributed by atoms with E-state index in [4.69, 9.17) is 23.2 Å². The fourth-order valence-electron chi connectivity index (χ4n) is 4.29. The van der Waals surface area contributed by atoms with Crippen molar-refractivity contribution in [3.63, 3.8) is 0 Å².